The van der Waals surface area contributed by atoms with E-state index in [1.54, 1.807) is 0 Å². The van der Waals surface area contributed by atoms with Crippen LogP contribution >= 0.6 is 0 Å². The maximum atomic E-state index is 11.6. The molecule has 82 valence electrons. The van der Waals surface area contributed by atoms with Crippen molar-refractivity contribution in [3.63, 3.8) is 0 Å². The van der Waals surface area contributed by atoms with Crippen molar-refractivity contribution in [3.05, 3.63) is 35.4 Å². The van der Waals surface area contributed by atoms with E-state index in [0.717, 1.165) is 12.0 Å². The first kappa shape index (κ1) is 12.0. The Morgan fingerprint density at radius 1 is 1.20 bits per heavy atom. The van der Waals surface area contributed by atoms with Crippen molar-refractivity contribution in [1.82, 2.24) is 0 Å². The topological polar surface area (TPSA) is 17.1 Å². The second kappa shape index (κ2) is 5.69. The van der Waals surface area contributed by atoms with Gasteiger partial charge in [-0.05, 0) is 24.8 Å². The smallest absolute Gasteiger partial charge is 0.137 e. The number of rotatable bonds is 5. The van der Waals surface area contributed by atoms with E-state index < -0.39 is 0 Å². The van der Waals surface area contributed by atoms with Crippen LogP contribution in [0.25, 0.3) is 0 Å². The van der Waals surface area contributed by atoms with Gasteiger partial charge >= 0.3 is 0 Å². The molecule has 0 unspecified atom stereocenters. The fourth-order valence-corrected chi connectivity index (χ4v) is 1.47. The van der Waals surface area contributed by atoms with Crippen LogP contribution in [0.2, 0.25) is 0 Å². The van der Waals surface area contributed by atoms with E-state index in [-0.39, 0.29) is 0 Å². The van der Waals surface area contributed by atoms with Gasteiger partial charge in [0, 0.05) is 12.8 Å². The molecule has 0 aliphatic rings. The van der Waals surface area contributed by atoms with E-state index >= 15 is 0 Å². The standard InChI is InChI=1S/C14H20O/c1-11(2)4-9-14(15)10-13-7-5-12(3)6-8-13/h5-8,11H,4,9-10H2,1-3H3. The molecule has 0 spiro atoms. The number of Topliss-reactive ketones (excluding diaryl/α,β-unsaturated/α-hetero) is 1. The summed E-state index contributed by atoms with van der Waals surface area (Å²) in [5, 5.41) is 0. The zero-order valence-electron chi connectivity index (χ0n) is 9.92. The van der Waals surface area contributed by atoms with Crippen molar-refractivity contribution >= 4 is 5.78 Å². The van der Waals surface area contributed by atoms with Crippen LogP contribution in [-0.4, -0.2) is 5.78 Å². The number of ketones is 1. The van der Waals surface area contributed by atoms with Crippen molar-refractivity contribution in [2.24, 2.45) is 5.92 Å². The zero-order valence-corrected chi connectivity index (χ0v) is 9.92. The third-order valence-corrected chi connectivity index (χ3v) is 2.52. The number of aryl methyl sites for hydroxylation is 1. The monoisotopic (exact) mass is 204 g/mol. The Labute approximate surface area is 92.5 Å². The summed E-state index contributed by atoms with van der Waals surface area (Å²) in [6.45, 7) is 6.36. The summed E-state index contributed by atoms with van der Waals surface area (Å²) in [7, 11) is 0. The lowest BCUT2D eigenvalue weighted by atomic mass is 10.0. The molecule has 1 aromatic rings. The third kappa shape index (κ3) is 4.78. The van der Waals surface area contributed by atoms with E-state index in [4.69, 9.17) is 0 Å². The maximum absolute atomic E-state index is 11.6. The Balaban J connectivity index is 2.41. The molecule has 0 aliphatic carbocycles. The second-order valence-corrected chi connectivity index (χ2v) is 4.63. The minimum Gasteiger partial charge on any atom is -0.299 e. The van der Waals surface area contributed by atoms with Crippen LogP contribution in [0.5, 0.6) is 0 Å². The summed E-state index contributed by atoms with van der Waals surface area (Å²) >= 11 is 0. The molecule has 0 atom stereocenters. The molecular weight excluding hydrogens is 184 g/mol. The van der Waals surface area contributed by atoms with E-state index in [0.29, 0.717) is 24.5 Å². The summed E-state index contributed by atoms with van der Waals surface area (Å²) in [6.07, 6.45) is 2.31. The van der Waals surface area contributed by atoms with Gasteiger partial charge in [0.2, 0.25) is 0 Å². The van der Waals surface area contributed by atoms with Crippen LogP contribution in [-0.2, 0) is 11.2 Å². The summed E-state index contributed by atoms with van der Waals surface area (Å²) in [5.41, 5.74) is 2.38. The van der Waals surface area contributed by atoms with Gasteiger partial charge in [-0.3, -0.25) is 4.79 Å². The van der Waals surface area contributed by atoms with Gasteiger partial charge < -0.3 is 0 Å². The SMILES string of the molecule is Cc1ccc(CC(=O)CCC(C)C)cc1. The normalized spacial score (nSPS) is 10.7. The molecule has 0 N–H and O–H groups in total. The molecule has 0 aromatic heterocycles. The van der Waals surface area contributed by atoms with Gasteiger partial charge in [0.25, 0.3) is 0 Å². The van der Waals surface area contributed by atoms with E-state index in [2.05, 4.69) is 32.9 Å². The van der Waals surface area contributed by atoms with Gasteiger partial charge in [-0.2, -0.15) is 0 Å². The molecule has 0 saturated carbocycles. The summed E-state index contributed by atoms with van der Waals surface area (Å²) in [4.78, 5) is 11.6. The quantitative estimate of drug-likeness (QED) is 0.717. The number of carbonyl (C=O) groups is 1. The van der Waals surface area contributed by atoms with Crippen molar-refractivity contribution in [2.75, 3.05) is 0 Å². The molecular formula is C14H20O. The number of carbonyl (C=O) groups excluding carboxylic acids is 1. The van der Waals surface area contributed by atoms with Gasteiger partial charge in [-0.25, -0.2) is 0 Å². The van der Waals surface area contributed by atoms with Gasteiger partial charge in [0.15, 0.2) is 0 Å². The molecule has 0 saturated heterocycles. The predicted octanol–water partition coefficient (Wildman–Crippen LogP) is 3.54. The molecule has 1 aromatic carbocycles. The van der Waals surface area contributed by atoms with E-state index in [1.165, 1.54) is 5.56 Å². The molecule has 1 nitrogen and oxygen atoms in total. The molecule has 0 heterocycles. The summed E-state index contributed by atoms with van der Waals surface area (Å²) in [5.74, 6) is 0.972. The molecule has 0 bridgehead atoms. The van der Waals surface area contributed by atoms with Crippen molar-refractivity contribution in [2.45, 2.75) is 40.0 Å². The van der Waals surface area contributed by atoms with Crippen LogP contribution in [0, 0.1) is 12.8 Å². The van der Waals surface area contributed by atoms with E-state index in [1.807, 2.05) is 12.1 Å². The zero-order chi connectivity index (χ0) is 11.3. The Morgan fingerprint density at radius 2 is 1.80 bits per heavy atom. The number of hydrogen-bond acceptors (Lipinski definition) is 1. The van der Waals surface area contributed by atoms with Crippen LogP contribution < -0.4 is 0 Å². The average Bonchev–Trinajstić information content (AvgIpc) is 2.19. The van der Waals surface area contributed by atoms with Crippen LogP contribution in [0.4, 0.5) is 0 Å². The molecule has 0 amide bonds. The molecule has 0 fully saturated rings. The first-order chi connectivity index (χ1) is 7.08. The van der Waals surface area contributed by atoms with Gasteiger partial charge in [0.05, 0.1) is 0 Å². The fourth-order valence-electron chi connectivity index (χ4n) is 1.47. The average molecular weight is 204 g/mol. The first-order valence-electron chi connectivity index (χ1n) is 5.65. The van der Waals surface area contributed by atoms with Crippen LogP contribution in [0.3, 0.4) is 0 Å². The van der Waals surface area contributed by atoms with Gasteiger partial charge in [-0.1, -0.05) is 43.7 Å². The fraction of sp³-hybridized carbons (Fsp3) is 0.500. The maximum Gasteiger partial charge on any atom is 0.137 e. The largest absolute Gasteiger partial charge is 0.299 e. The molecule has 1 rings (SSSR count). The highest BCUT2D eigenvalue weighted by molar-refractivity contribution is 5.80. The van der Waals surface area contributed by atoms with Crippen LogP contribution in [0.1, 0.15) is 37.8 Å². The minimum absolute atomic E-state index is 0.354. The van der Waals surface area contributed by atoms with Crippen molar-refractivity contribution < 1.29 is 4.79 Å². The first-order valence-corrected chi connectivity index (χ1v) is 5.65. The Bertz CT molecular complexity index is 309. The lowest BCUT2D eigenvalue weighted by molar-refractivity contribution is -0.118. The lowest BCUT2D eigenvalue weighted by Crippen LogP contribution is -2.04. The Hall–Kier alpha value is -1.11. The second-order valence-electron chi connectivity index (χ2n) is 4.63. The molecule has 0 aliphatic heterocycles. The van der Waals surface area contributed by atoms with Gasteiger partial charge in [0.1, 0.15) is 5.78 Å². The molecule has 0 radical (unpaired) electrons. The van der Waals surface area contributed by atoms with Crippen molar-refractivity contribution in [3.8, 4) is 0 Å². The Kier molecular flexibility index (Phi) is 4.54. The lowest BCUT2D eigenvalue weighted by Gasteiger charge is -2.04. The highest BCUT2D eigenvalue weighted by Crippen LogP contribution is 2.09. The van der Waals surface area contributed by atoms with Gasteiger partial charge in [-0.15, -0.1) is 0 Å². The van der Waals surface area contributed by atoms with Crippen molar-refractivity contribution in [1.29, 1.82) is 0 Å². The summed E-state index contributed by atoms with van der Waals surface area (Å²) in [6, 6.07) is 8.21. The Morgan fingerprint density at radius 3 is 2.33 bits per heavy atom. The molecule has 15 heavy (non-hydrogen) atoms. The summed E-state index contributed by atoms with van der Waals surface area (Å²) < 4.78 is 0. The predicted molar refractivity (Wildman–Crippen MR) is 64.0 cm³/mol. The van der Waals surface area contributed by atoms with Crippen LogP contribution in [0.15, 0.2) is 24.3 Å². The third-order valence-electron chi connectivity index (χ3n) is 2.52. The minimum atomic E-state index is 0.354. The number of benzene rings is 1. The highest BCUT2D eigenvalue weighted by Gasteiger charge is 2.04. The number of hydrogen-bond donors (Lipinski definition) is 0. The molecule has 1 heteroatoms. The highest BCUT2D eigenvalue weighted by atomic mass is 16.1. The van der Waals surface area contributed by atoms with E-state index in [9.17, 15) is 4.79 Å².